The summed E-state index contributed by atoms with van der Waals surface area (Å²) in [5.74, 6) is -0.405. The summed E-state index contributed by atoms with van der Waals surface area (Å²) in [7, 11) is -2.52. The van der Waals surface area contributed by atoms with E-state index in [2.05, 4.69) is 19.4 Å². The molecule has 1 aliphatic rings. The maximum absolute atomic E-state index is 12.6. The molecule has 1 heterocycles. The summed E-state index contributed by atoms with van der Waals surface area (Å²) in [6, 6.07) is 12.3. The summed E-state index contributed by atoms with van der Waals surface area (Å²) >= 11 is 2.01. The predicted octanol–water partition coefficient (Wildman–Crippen LogP) is 3.28. The molecule has 0 amide bonds. The van der Waals surface area contributed by atoms with Gasteiger partial charge < -0.3 is 15.0 Å². The second kappa shape index (κ2) is 9.57. The second-order valence-corrected chi connectivity index (χ2v) is 9.36. The van der Waals surface area contributed by atoms with Crippen molar-refractivity contribution in [3.63, 3.8) is 0 Å². The number of hydrogen-bond donors (Lipinski definition) is 1. The highest BCUT2D eigenvalue weighted by atomic mass is 127. The number of nitrogens with one attached hydrogen (secondary N) is 1. The largest absolute Gasteiger partial charge is 0.468 e. The molecular formula is C20H22IN3O4S. The van der Waals surface area contributed by atoms with E-state index in [0.29, 0.717) is 9.26 Å². The number of hydrogen-bond acceptors (Lipinski definition) is 6. The van der Waals surface area contributed by atoms with Gasteiger partial charge in [0.15, 0.2) is 0 Å². The molecule has 1 saturated heterocycles. The number of benzene rings is 2. The number of methoxy groups -OCH3 is 1. The van der Waals surface area contributed by atoms with Crippen LogP contribution in [0.4, 0.5) is 11.4 Å². The molecule has 0 spiro atoms. The molecule has 3 rings (SSSR count). The monoisotopic (exact) mass is 527 g/mol. The molecule has 2 aromatic carbocycles. The molecule has 2 aromatic rings. The minimum atomic E-state index is -3.82. The minimum absolute atomic E-state index is 0.00414. The number of halogens is 1. The van der Waals surface area contributed by atoms with Crippen molar-refractivity contribution in [2.45, 2.75) is 17.7 Å². The Kier molecular flexibility index (Phi) is 7.12. The van der Waals surface area contributed by atoms with Gasteiger partial charge >= 0.3 is 5.97 Å². The van der Waals surface area contributed by atoms with Crippen molar-refractivity contribution < 1.29 is 17.9 Å². The molecule has 0 aliphatic carbocycles. The second-order valence-electron chi connectivity index (χ2n) is 6.57. The maximum atomic E-state index is 12.6. The first-order valence-corrected chi connectivity index (χ1v) is 11.7. The molecule has 0 unspecified atom stereocenters. The van der Waals surface area contributed by atoms with E-state index in [4.69, 9.17) is 0 Å². The Balaban J connectivity index is 1.69. The Labute approximate surface area is 184 Å². The van der Waals surface area contributed by atoms with Crippen LogP contribution in [0, 0.1) is 3.57 Å². The Hall–Kier alpha value is -2.14. The van der Waals surface area contributed by atoms with Crippen molar-refractivity contribution >= 4 is 56.2 Å². The highest BCUT2D eigenvalue weighted by Crippen LogP contribution is 2.24. The number of carbonyl (C=O) groups excluding carboxylic acids is 1. The molecule has 29 heavy (non-hydrogen) atoms. The van der Waals surface area contributed by atoms with Crippen LogP contribution < -0.4 is 10.2 Å². The third-order valence-electron chi connectivity index (χ3n) is 4.59. The third-order valence-corrected chi connectivity index (χ3v) is 6.72. The van der Waals surface area contributed by atoms with Gasteiger partial charge in [0.05, 0.1) is 12.0 Å². The summed E-state index contributed by atoms with van der Waals surface area (Å²) in [6.45, 7) is 2.13. The van der Waals surface area contributed by atoms with Gasteiger partial charge in [-0.25, -0.2) is 0 Å². The Morgan fingerprint density at radius 2 is 1.90 bits per heavy atom. The van der Waals surface area contributed by atoms with Gasteiger partial charge in [-0.15, -0.1) is 0 Å². The molecule has 7 nitrogen and oxygen atoms in total. The lowest BCUT2D eigenvalue weighted by Crippen LogP contribution is -2.17. The SMILES string of the molecule is COC(=O)CNc1ccc(S(=O)(=O)N=Cc2ccc(N3CCCC3)cc2)cc1I. The van der Waals surface area contributed by atoms with Crippen LogP contribution in [0.3, 0.4) is 0 Å². The number of ether oxygens (including phenoxy) is 1. The molecule has 1 aliphatic heterocycles. The zero-order valence-electron chi connectivity index (χ0n) is 16.0. The summed E-state index contributed by atoms with van der Waals surface area (Å²) in [5, 5.41) is 2.91. The molecule has 0 bridgehead atoms. The Bertz CT molecular complexity index is 1000. The smallest absolute Gasteiger partial charge is 0.325 e. The van der Waals surface area contributed by atoms with E-state index in [9.17, 15) is 13.2 Å². The van der Waals surface area contributed by atoms with Gasteiger partial charge in [-0.3, -0.25) is 4.79 Å². The molecule has 0 saturated carbocycles. The molecule has 0 atom stereocenters. The zero-order valence-corrected chi connectivity index (χ0v) is 18.9. The topological polar surface area (TPSA) is 88.1 Å². The maximum Gasteiger partial charge on any atom is 0.325 e. The summed E-state index contributed by atoms with van der Waals surface area (Å²) < 4.78 is 34.2. The number of sulfonamides is 1. The van der Waals surface area contributed by atoms with Gasteiger partial charge in [0, 0.05) is 34.2 Å². The van der Waals surface area contributed by atoms with Crippen molar-refractivity contribution in [1.82, 2.24) is 0 Å². The van der Waals surface area contributed by atoms with Crippen molar-refractivity contribution in [2.75, 3.05) is 37.0 Å². The molecule has 1 N–H and O–H groups in total. The molecule has 1 fully saturated rings. The van der Waals surface area contributed by atoms with Crippen molar-refractivity contribution in [1.29, 1.82) is 0 Å². The van der Waals surface area contributed by atoms with Gasteiger partial charge in [0.2, 0.25) is 0 Å². The van der Waals surface area contributed by atoms with Gasteiger partial charge in [0.25, 0.3) is 10.0 Å². The molecule has 0 aromatic heterocycles. The van der Waals surface area contributed by atoms with Crippen LogP contribution in [0.15, 0.2) is 51.8 Å². The van der Waals surface area contributed by atoms with E-state index in [0.717, 1.165) is 24.3 Å². The van der Waals surface area contributed by atoms with Gasteiger partial charge in [-0.2, -0.15) is 12.8 Å². The first kappa shape index (κ1) is 21.6. The lowest BCUT2D eigenvalue weighted by Gasteiger charge is -2.17. The fraction of sp³-hybridized carbons (Fsp3) is 0.300. The van der Waals surface area contributed by atoms with Crippen LogP contribution >= 0.6 is 22.6 Å². The highest BCUT2D eigenvalue weighted by molar-refractivity contribution is 14.1. The molecular weight excluding hydrogens is 505 g/mol. The van der Waals surface area contributed by atoms with E-state index >= 15 is 0 Å². The summed E-state index contributed by atoms with van der Waals surface area (Å²) in [6.07, 6.45) is 3.77. The average Bonchev–Trinajstić information content (AvgIpc) is 3.26. The van der Waals surface area contributed by atoms with Crippen molar-refractivity contribution in [2.24, 2.45) is 4.40 Å². The van der Waals surface area contributed by atoms with Crippen LogP contribution in [0.1, 0.15) is 18.4 Å². The molecule has 0 radical (unpaired) electrons. The average molecular weight is 527 g/mol. The quantitative estimate of drug-likeness (QED) is 0.338. The number of rotatable bonds is 7. The number of nitrogens with zero attached hydrogens (tertiary/aromatic N) is 2. The van der Waals surface area contributed by atoms with Crippen molar-refractivity contribution in [3.05, 3.63) is 51.6 Å². The fourth-order valence-electron chi connectivity index (χ4n) is 2.98. The van der Waals surface area contributed by atoms with E-state index in [1.165, 1.54) is 38.3 Å². The van der Waals surface area contributed by atoms with Crippen molar-refractivity contribution in [3.8, 4) is 0 Å². The van der Waals surface area contributed by atoms with Gasteiger partial charge in [-0.1, -0.05) is 12.1 Å². The van der Waals surface area contributed by atoms with Crippen LogP contribution in [-0.2, 0) is 19.6 Å². The van der Waals surface area contributed by atoms with Gasteiger partial charge in [0.1, 0.15) is 6.54 Å². The Morgan fingerprint density at radius 1 is 1.21 bits per heavy atom. The third kappa shape index (κ3) is 5.69. The predicted molar refractivity (Wildman–Crippen MR) is 122 cm³/mol. The zero-order chi connectivity index (χ0) is 20.9. The lowest BCUT2D eigenvalue weighted by atomic mass is 10.2. The first-order chi connectivity index (χ1) is 13.9. The van der Waals surface area contributed by atoms with E-state index in [1.807, 2.05) is 46.9 Å². The van der Waals surface area contributed by atoms with Crippen LogP contribution in [-0.4, -0.2) is 47.3 Å². The van der Waals surface area contributed by atoms with E-state index in [1.54, 1.807) is 6.07 Å². The fourth-order valence-corrected chi connectivity index (χ4v) is 4.78. The standard InChI is InChI=1S/C20H22IN3O4S/c1-28-20(25)14-22-19-9-8-17(12-18(19)21)29(26,27)23-13-15-4-6-16(7-5-15)24-10-2-3-11-24/h4-9,12-13,22H,2-3,10-11,14H2,1H3. The van der Waals surface area contributed by atoms with Crippen LogP contribution in [0.5, 0.6) is 0 Å². The number of esters is 1. The summed E-state index contributed by atoms with van der Waals surface area (Å²) in [5.41, 5.74) is 2.52. The normalized spacial score (nSPS) is 14.3. The number of carbonyl (C=O) groups is 1. The summed E-state index contributed by atoms with van der Waals surface area (Å²) in [4.78, 5) is 13.6. The molecule has 9 heteroatoms. The Morgan fingerprint density at radius 3 is 2.52 bits per heavy atom. The lowest BCUT2D eigenvalue weighted by molar-refractivity contribution is -0.138. The highest BCUT2D eigenvalue weighted by Gasteiger charge is 2.15. The van der Waals surface area contributed by atoms with Crippen LogP contribution in [0.2, 0.25) is 0 Å². The van der Waals surface area contributed by atoms with E-state index < -0.39 is 16.0 Å². The minimum Gasteiger partial charge on any atom is -0.468 e. The molecule has 154 valence electrons. The van der Waals surface area contributed by atoms with E-state index in [-0.39, 0.29) is 11.4 Å². The first-order valence-electron chi connectivity index (χ1n) is 9.14. The van der Waals surface area contributed by atoms with Gasteiger partial charge in [-0.05, 0) is 71.3 Å². The number of anilines is 2. The van der Waals surface area contributed by atoms with Crippen LogP contribution in [0.25, 0.3) is 0 Å².